The van der Waals surface area contributed by atoms with Gasteiger partial charge in [0.15, 0.2) is 0 Å². The minimum absolute atomic E-state index is 0.370. The molecular weight excluding hydrogens is 368 g/mol. The second-order valence-corrected chi connectivity index (χ2v) is 8.64. The van der Waals surface area contributed by atoms with Crippen LogP contribution in [0.15, 0.2) is 49.1 Å². The van der Waals surface area contributed by atoms with E-state index < -0.39 is 0 Å². The molecule has 30 heavy (non-hydrogen) atoms. The van der Waals surface area contributed by atoms with Crippen molar-refractivity contribution >= 4 is 0 Å². The molecule has 2 heterocycles. The fourth-order valence-corrected chi connectivity index (χ4v) is 5.19. The summed E-state index contributed by atoms with van der Waals surface area (Å²) in [6.07, 6.45) is 14.0. The van der Waals surface area contributed by atoms with E-state index in [0.29, 0.717) is 6.04 Å². The molecule has 154 valence electrons. The molecular formula is C26H30N4. The van der Waals surface area contributed by atoms with Crippen molar-refractivity contribution in [3.05, 3.63) is 77.1 Å². The molecule has 3 aromatic rings. The molecule has 4 nitrogen and oxygen atoms in total. The summed E-state index contributed by atoms with van der Waals surface area (Å²) in [5.74, 6) is 0. The number of hydrogen-bond acceptors (Lipinski definition) is 4. The first-order valence-corrected chi connectivity index (χ1v) is 11.4. The lowest BCUT2D eigenvalue weighted by molar-refractivity contribution is 0.160. The Kier molecular flexibility index (Phi) is 5.58. The fourth-order valence-electron chi connectivity index (χ4n) is 5.19. The van der Waals surface area contributed by atoms with Crippen molar-refractivity contribution < 1.29 is 0 Å². The van der Waals surface area contributed by atoms with Gasteiger partial charge in [-0.25, -0.2) is 9.97 Å². The van der Waals surface area contributed by atoms with Crippen molar-refractivity contribution in [1.29, 1.82) is 0 Å². The largest absolute Gasteiger partial charge is 0.289 e. The van der Waals surface area contributed by atoms with E-state index in [0.717, 1.165) is 25.9 Å². The molecule has 2 aliphatic carbocycles. The Morgan fingerprint density at radius 3 is 2.90 bits per heavy atom. The molecule has 1 unspecified atom stereocenters. The molecule has 0 aliphatic heterocycles. The summed E-state index contributed by atoms with van der Waals surface area (Å²) in [5, 5.41) is 0. The molecule has 0 N–H and O–H groups in total. The number of unbranched alkanes of at least 4 members (excludes halogenated alkanes) is 2. The van der Waals surface area contributed by atoms with E-state index in [9.17, 15) is 0 Å². The van der Waals surface area contributed by atoms with Crippen molar-refractivity contribution in [2.45, 2.75) is 64.5 Å². The standard InChI is InChI=1S/C26H30N4/c1-2-3-6-14-30(25-11-7-9-20-16-27-18-29-26(20)25)17-24-23-15-19-8-4-5-10-21(19)22(23)12-13-28-24/h4-5,8,10,12-13,16,18,25H,2-3,6-7,9,11,14-15,17H2,1H3. The van der Waals surface area contributed by atoms with Gasteiger partial charge in [-0.15, -0.1) is 0 Å². The average molecular weight is 399 g/mol. The highest BCUT2D eigenvalue weighted by Crippen LogP contribution is 2.39. The summed E-state index contributed by atoms with van der Waals surface area (Å²) in [7, 11) is 0. The van der Waals surface area contributed by atoms with E-state index in [-0.39, 0.29) is 0 Å². The Bertz CT molecular complexity index is 1030. The van der Waals surface area contributed by atoms with Crippen molar-refractivity contribution in [3.8, 4) is 11.1 Å². The topological polar surface area (TPSA) is 41.9 Å². The Hall–Kier alpha value is -2.59. The number of rotatable bonds is 7. The first kappa shape index (κ1) is 19.4. The van der Waals surface area contributed by atoms with Gasteiger partial charge in [0.1, 0.15) is 6.33 Å². The smallest absolute Gasteiger partial charge is 0.115 e. The zero-order valence-corrected chi connectivity index (χ0v) is 17.8. The quantitative estimate of drug-likeness (QED) is 0.385. The molecule has 0 radical (unpaired) electrons. The Morgan fingerprint density at radius 2 is 1.97 bits per heavy atom. The van der Waals surface area contributed by atoms with E-state index in [2.05, 4.69) is 47.1 Å². The number of aromatic nitrogens is 3. The molecule has 4 heteroatoms. The highest BCUT2D eigenvalue weighted by atomic mass is 15.2. The van der Waals surface area contributed by atoms with Crippen LogP contribution in [0, 0.1) is 0 Å². The van der Waals surface area contributed by atoms with E-state index in [1.807, 2.05) is 12.4 Å². The van der Waals surface area contributed by atoms with Crippen LogP contribution in [0.4, 0.5) is 0 Å². The average Bonchev–Trinajstić information content (AvgIpc) is 3.18. The van der Waals surface area contributed by atoms with Gasteiger partial charge in [-0.1, -0.05) is 44.0 Å². The van der Waals surface area contributed by atoms with Crippen molar-refractivity contribution in [2.24, 2.45) is 0 Å². The van der Waals surface area contributed by atoms with Crippen LogP contribution in [0.2, 0.25) is 0 Å². The summed E-state index contributed by atoms with van der Waals surface area (Å²) in [5.41, 5.74) is 9.39. The Labute approximate surface area is 179 Å². The van der Waals surface area contributed by atoms with E-state index >= 15 is 0 Å². The maximum atomic E-state index is 4.88. The van der Waals surface area contributed by atoms with Crippen LogP contribution in [0.25, 0.3) is 11.1 Å². The molecule has 0 bridgehead atoms. The lowest BCUT2D eigenvalue weighted by atomic mass is 9.91. The highest BCUT2D eigenvalue weighted by Gasteiger charge is 2.29. The third-order valence-corrected chi connectivity index (χ3v) is 6.72. The fraction of sp³-hybridized carbons (Fsp3) is 0.423. The Morgan fingerprint density at radius 1 is 1.03 bits per heavy atom. The van der Waals surface area contributed by atoms with Gasteiger partial charge in [-0.3, -0.25) is 9.88 Å². The van der Waals surface area contributed by atoms with E-state index in [1.165, 1.54) is 71.3 Å². The molecule has 5 rings (SSSR count). The number of benzene rings is 1. The summed E-state index contributed by atoms with van der Waals surface area (Å²) < 4.78 is 0. The second-order valence-electron chi connectivity index (χ2n) is 8.64. The van der Waals surface area contributed by atoms with Crippen LogP contribution in [-0.4, -0.2) is 26.4 Å². The molecule has 0 saturated carbocycles. The SMILES string of the molecule is CCCCCN(Cc1nccc2c1Cc1ccccc1-2)C1CCCc2cncnc21. The maximum absolute atomic E-state index is 4.88. The molecule has 0 fully saturated rings. The molecule has 0 amide bonds. The third-order valence-electron chi connectivity index (χ3n) is 6.72. The van der Waals surface area contributed by atoms with Gasteiger partial charge in [-0.2, -0.15) is 0 Å². The van der Waals surface area contributed by atoms with Crippen LogP contribution in [0.3, 0.4) is 0 Å². The predicted octanol–water partition coefficient (Wildman–Crippen LogP) is 5.51. The van der Waals surface area contributed by atoms with Crippen LogP contribution >= 0.6 is 0 Å². The Balaban J connectivity index is 1.46. The van der Waals surface area contributed by atoms with Gasteiger partial charge in [-0.05, 0) is 66.1 Å². The first-order valence-electron chi connectivity index (χ1n) is 11.4. The number of fused-ring (bicyclic) bond motifs is 4. The van der Waals surface area contributed by atoms with Gasteiger partial charge in [0.25, 0.3) is 0 Å². The maximum Gasteiger partial charge on any atom is 0.115 e. The molecule has 0 saturated heterocycles. The molecule has 0 spiro atoms. The van der Waals surface area contributed by atoms with Gasteiger partial charge < -0.3 is 0 Å². The van der Waals surface area contributed by atoms with Crippen LogP contribution in [-0.2, 0) is 19.4 Å². The minimum Gasteiger partial charge on any atom is -0.289 e. The second kappa shape index (κ2) is 8.65. The number of pyridine rings is 1. The zero-order chi connectivity index (χ0) is 20.3. The van der Waals surface area contributed by atoms with Crippen molar-refractivity contribution in [1.82, 2.24) is 19.9 Å². The van der Waals surface area contributed by atoms with E-state index in [4.69, 9.17) is 9.97 Å². The summed E-state index contributed by atoms with van der Waals surface area (Å²) in [6.45, 7) is 4.27. The summed E-state index contributed by atoms with van der Waals surface area (Å²) >= 11 is 0. The minimum atomic E-state index is 0.370. The van der Waals surface area contributed by atoms with Gasteiger partial charge in [0, 0.05) is 25.4 Å². The summed E-state index contributed by atoms with van der Waals surface area (Å²) in [6, 6.07) is 11.4. The van der Waals surface area contributed by atoms with Crippen molar-refractivity contribution in [3.63, 3.8) is 0 Å². The van der Waals surface area contributed by atoms with Crippen LogP contribution in [0.5, 0.6) is 0 Å². The number of aryl methyl sites for hydroxylation is 1. The van der Waals surface area contributed by atoms with Gasteiger partial charge in [0.2, 0.25) is 0 Å². The molecule has 2 aromatic heterocycles. The number of nitrogens with zero attached hydrogens (tertiary/aromatic N) is 4. The van der Waals surface area contributed by atoms with Crippen molar-refractivity contribution in [2.75, 3.05) is 6.54 Å². The zero-order valence-electron chi connectivity index (χ0n) is 17.8. The molecule has 1 aromatic carbocycles. The lowest BCUT2D eigenvalue weighted by Gasteiger charge is -2.35. The van der Waals surface area contributed by atoms with Gasteiger partial charge in [0.05, 0.1) is 17.4 Å². The van der Waals surface area contributed by atoms with E-state index in [1.54, 1.807) is 6.33 Å². The number of hydrogen-bond donors (Lipinski definition) is 0. The first-order chi connectivity index (χ1) is 14.8. The van der Waals surface area contributed by atoms with Crippen LogP contribution < -0.4 is 0 Å². The highest BCUT2D eigenvalue weighted by molar-refractivity contribution is 5.77. The molecule has 2 aliphatic rings. The van der Waals surface area contributed by atoms with Crippen LogP contribution in [0.1, 0.15) is 73.1 Å². The predicted molar refractivity (Wildman–Crippen MR) is 120 cm³/mol. The normalized spacial score (nSPS) is 16.9. The molecule has 1 atom stereocenters. The summed E-state index contributed by atoms with van der Waals surface area (Å²) in [4.78, 5) is 16.5. The lowest BCUT2D eigenvalue weighted by Crippen LogP contribution is -2.33. The van der Waals surface area contributed by atoms with Gasteiger partial charge >= 0.3 is 0 Å². The monoisotopic (exact) mass is 398 g/mol. The third kappa shape index (κ3) is 3.65.